The number of amides is 1. The quantitative estimate of drug-likeness (QED) is 0.704. The summed E-state index contributed by atoms with van der Waals surface area (Å²) < 4.78 is 0. The summed E-state index contributed by atoms with van der Waals surface area (Å²) in [5.41, 5.74) is 0. The number of nitrogens with one attached hydrogen (secondary N) is 1. The molecule has 1 amide bonds. The molecule has 0 aromatic heterocycles. The van der Waals surface area contributed by atoms with Crippen molar-refractivity contribution in [2.45, 2.75) is 40.2 Å². The average molecular weight is 200 g/mol. The van der Waals surface area contributed by atoms with Gasteiger partial charge in [-0.15, -0.1) is 0 Å². The van der Waals surface area contributed by atoms with Gasteiger partial charge in [0.25, 0.3) is 0 Å². The van der Waals surface area contributed by atoms with Gasteiger partial charge in [0.15, 0.2) is 0 Å². The molecule has 3 nitrogen and oxygen atoms in total. The summed E-state index contributed by atoms with van der Waals surface area (Å²) in [4.78, 5) is 13.3. The molecule has 14 heavy (non-hydrogen) atoms. The van der Waals surface area contributed by atoms with Crippen LogP contribution >= 0.6 is 0 Å². The molecule has 0 saturated heterocycles. The van der Waals surface area contributed by atoms with E-state index in [1.807, 2.05) is 20.9 Å². The van der Waals surface area contributed by atoms with Crippen molar-refractivity contribution < 1.29 is 4.79 Å². The van der Waals surface area contributed by atoms with Crippen LogP contribution in [0, 0.1) is 5.92 Å². The highest BCUT2D eigenvalue weighted by Crippen LogP contribution is 1.97. The Balaban J connectivity index is 3.64. The molecule has 1 N–H and O–H groups in total. The van der Waals surface area contributed by atoms with Gasteiger partial charge < -0.3 is 10.2 Å². The fourth-order valence-electron chi connectivity index (χ4n) is 0.983. The van der Waals surface area contributed by atoms with Crippen LogP contribution < -0.4 is 5.32 Å². The standard InChI is InChI=1S/C11H24N2O/c1-6-10(4)7-12-8-11(14)13(5)9(2)3/h9-10,12H,6-8H2,1-5H3. The zero-order valence-corrected chi connectivity index (χ0v) is 10.1. The summed E-state index contributed by atoms with van der Waals surface area (Å²) in [6.45, 7) is 9.77. The Bertz CT molecular complexity index is 169. The number of carbonyl (C=O) groups is 1. The monoisotopic (exact) mass is 200 g/mol. The molecule has 1 atom stereocenters. The van der Waals surface area contributed by atoms with Crippen LogP contribution in [0.5, 0.6) is 0 Å². The number of hydrogen-bond donors (Lipinski definition) is 1. The van der Waals surface area contributed by atoms with Gasteiger partial charge in [-0.05, 0) is 26.3 Å². The van der Waals surface area contributed by atoms with Gasteiger partial charge in [0.2, 0.25) is 5.91 Å². The lowest BCUT2D eigenvalue weighted by molar-refractivity contribution is -0.130. The van der Waals surface area contributed by atoms with Crippen molar-refractivity contribution in [3.63, 3.8) is 0 Å². The van der Waals surface area contributed by atoms with E-state index in [0.717, 1.165) is 13.0 Å². The van der Waals surface area contributed by atoms with E-state index in [-0.39, 0.29) is 11.9 Å². The molecule has 0 fully saturated rings. The number of rotatable bonds is 6. The number of hydrogen-bond acceptors (Lipinski definition) is 2. The molecule has 0 radical (unpaired) electrons. The Morgan fingerprint density at radius 2 is 1.93 bits per heavy atom. The summed E-state index contributed by atoms with van der Waals surface area (Å²) in [5.74, 6) is 0.815. The van der Waals surface area contributed by atoms with E-state index < -0.39 is 0 Å². The van der Waals surface area contributed by atoms with Gasteiger partial charge in [-0.1, -0.05) is 20.3 Å². The van der Waals surface area contributed by atoms with E-state index in [9.17, 15) is 4.79 Å². The highest BCUT2D eigenvalue weighted by molar-refractivity contribution is 5.78. The van der Waals surface area contributed by atoms with Crippen molar-refractivity contribution in [1.29, 1.82) is 0 Å². The molecule has 84 valence electrons. The maximum absolute atomic E-state index is 11.5. The van der Waals surface area contributed by atoms with Crippen LogP contribution in [0.3, 0.4) is 0 Å². The molecule has 0 aliphatic rings. The molecular formula is C11H24N2O. The Morgan fingerprint density at radius 1 is 1.36 bits per heavy atom. The third-order valence-electron chi connectivity index (χ3n) is 2.63. The van der Waals surface area contributed by atoms with Crippen LogP contribution in [0.4, 0.5) is 0 Å². The van der Waals surface area contributed by atoms with E-state index in [1.165, 1.54) is 0 Å². The van der Waals surface area contributed by atoms with Gasteiger partial charge in [-0.2, -0.15) is 0 Å². The topological polar surface area (TPSA) is 32.3 Å². The second-order valence-electron chi connectivity index (χ2n) is 4.24. The molecule has 0 aliphatic carbocycles. The molecule has 0 aromatic rings. The first-order chi connectivity index (χ1) is 6.49. The maximum atomic E-state index is 11.5. The maximum Gasteiger partial charge on any atom is 0.236 e. The van der Waals surface area contributed by atoms with Crippen LogP contribution in [-0.2, 0) is 4.79 Å². The third-order valence-corrected chi connectivity index (χ3v) is 2.63. The summed E-state index contributed by atoms with van der Waals surface area (Å²) in [5, 5.41) is 3.18. The SMILES string of the molecule is CCC(C)CNCC(=O)N(C)C(C)C. The van der Waals surface area contributed by atoms with Crippen LogP contribution in [0.15, 0.2) is 0 Å². The number of carbonyl (C=O) groups excluding carboxylic acids is 1. The Labute approximate surface area is 87.9 Å². The van der Waals surface area contributed by atoms with E-state index in [4.69, 9.17) is 0 Å². The second-order valence-corrected chi connectivity index (χ2v) is 4.24. The fourth-order valence-corrected chi connectivity index (χ4v) is 0.983. The lowest BCUT2D eigenvalue weighted by atomic mass is 10.1. The summed E-state index contributed by atoms with van der Waals surface area (Å²) >= 11 is 0. The van der Waals surface area contributed by atoms with E-state index in [2.05, 4.69) is 19.2 Å². The van der Waals surface area contributed by atoms with E-state index >= 15 is 0 Å². The minimum atomic E-state index is 0.170. The fraction of sp³-hybridized carbons (Fsp3) is 0.909. The van der Waals surface area contributed by atoms with Crippen molar-refractivity contribution >= 4 is 5.91 Å². The van der Waals surface area contributed by atoms with Crippen molar-refractivity contribution in [2.24, 2.45) is 5.92 Å². The Kier molecular flexibility index (Phi) is 6.54. The van der Waals surface area contributed by atoms with Gasteiger partial charge in [-0.25, -0.2) is 0 Å². The van der Waals surface area contributed by atoms with Crippen molar-refractivity contribution in [2.75, 3.05) is 20.1 Å². The normalized spacial score (nSPS) is 13.0. The zero-order chi connectivity index (χ0) is 11.1. The Hall–Kier alpha value is -0.570. The van der Waals surface area contributed by atoms with Crippen LogP contribution in [-0.4, -0.2) is 37.0 Å². The Morgan fingerprint density at radius 3 is 2.36 bits per heavy atom. The predicted octanol–water partition coefficient (Wildman–Crippen LogP) is 1.49. The first kappa shape index (κ1) is 13.4. The minimum absolute atomic E-state index is 0.170. The molecule has 0 saturated carbocycles. The first-order valence-corrected chi connectivity index (χ1v) is 5.45. The summed E-state index contributed by atoms with van der Waals surface area (Å²) in [6, 6.07) is 0.285. The van der Waals surface area contributed by atoms with Crippen molar-refractivity contribution in [3.8, 4) is 0 Å². The zero-order valence-electron chi connectivity index (χ0n) is 10.1. The molecule has 0 heterocycles. The van der Waals surface area contributed by atoms with Crippen LogP contribution in [0.1, 0.15) is 34.1 Å². The van der Waals surface area contributed by atoms with Crippen molar-refractivity contribution in [1.82, 2.24) is 10.2 Å². The lowest BCUT2D eigenvalue weighted by Crippen LogP contribution is -2.40. The summed E-state index contributed by atoms with van der Waals surface area (Å²) in [6.07, 6.45) is 1.15. The minimum Gasteiger partial charge on any atom is -0.342 e. The molecule has 0 aliphatic heterocycles. The van der Waals surface area contributed by atoms with Crippen LogP contribution in [0.25, 0.3) is 0 Å². The number of nitrogens with zero attached hydrogens (tertiary/aromatic N) is 1. The smallest absolute Gasteiger partial charge is 0.236 e. The van der Waals surface area contributed by atoms with Gasteiger partial charge >= 0.3 is 0 Å². The molecule has 1 unspecified atom stereocenters. The van der Waals surface area contributed by atoms with Gasteiger partial charge in [0, 0.05) is 13.1 Å². The molecular weight excluding hydrogens is 176 g/mol. The summed E-state index contributed by atoms with van der Waals surface area (Å²) in [7, 11) is 1.85. The largest absolute Gasteiger partial charge is 0.342 e. The first-order valence-electron chi connectivity index (χ1n) is 5.45. The molecule has 3 heteroatoms. The van der Waals surface area contributed by atoms with Crippen molar-refractivity contribution in [3.05, 3.63) is 0 Å². The van der Waals surface area contributed by atoms with E-state index in [0.29, 0.717) is 12.5 Å². The second kappa shape index (κ2) is 6.82. The molecule has 0 aromatic carbocycles. The third kappa shape index (κ3) is 5.22. The van der Waals surface area contributed by atoms with Gasteiger partial charge in [0.1, 0.15) is 0 Å². The lowest BCUT2D eigenvalue weighted by Gasteiger charge is -2.22. The number of likely N-dealkylation sites (N-methyl/N-ethyl adjacent to an activating group) is 1. The van der Waals surface area contributed by atoms with E-state index in [1.54, 1.807) is 4.90 Å². The van der Waals surface area contributed by atoms with Gasteiger partial charge in [-0.3, -0.25) is 4.79 Å². The van der Waals surface area contributed by atoms with Crippen LogP contribution in [0.2, 0.25) is 0 Å². The van der Waals surface area contributed by atoms with Gasteiger partial charge in [0.05, 0.1) is 6.54 Å². The highest BCUT2D eigenvalue weighted by Gasteiger charge is 2.11. The molecule has 0 bridgehead atoms. The average Bonchev–Trinajstić information content (AvgIpc) is 2.15. The predicted molar refractivity (Wildman–Crippen MR) is 60.2 cm³/mol. The highest BCUT2D eigenvalue weighted by atomic mass is 16.2. The molecule has 0 rings (SSSR count). The molecule has 0 spiro atoms.